The Hall–Kier alpha value is -2.63. The summed E-state index contributed by atoms with van der Waals surface area (Å²) in [5, 5.41) is 1.03. The fraction of sp³-hybridized carbons (Fsp3) is 0.375. The Morgan fingerprint density at radius 1 is 1.03 bits per heavy atom. The molecule has 1 fully saturated rings. The Morgan fingerprint density at radius 3 is 2.48 bits per heavy atom. The number of piperazine rings is 1. The summed E-state index contributed by atoms with van der Waals surface area (Å²) in [6.07, 6.45) is 0. The van der Waals surface area contributed by atoms with Crippen molar-refractivity contribution in [1.29, 1.82) is 0 Å². The van der Waals surface area contributed by atoms with Gasteiger partial charge in [0.1, 0.15) is 12.4 Å². The van der Waals surface area contributed by atoms with E-state index in [1.807, 2.05) is 68.4 Å². The number of rotatable bonds is 7. The fourth-order valence-corrected chi connectivity index (χ4v) is 4.15. The lowest BCUT2D eigenvalue weighted by Crippen LogP contribution is -2.52. The Kier molecular flexibility index (Phi) is 5.97. The van der Waals surface area contributed by atoms with Gasteiger partial charge in [-0.05, 0) is 32.0 Å². The lowest BCUT2D eigenvalue weighted by Gasteiger charge is -2.37. The van der Waals surface area contributed by atoms with Gasteiger partial charge in [0, 0.05) is 54.9 Å². The molecule has 152 valence electrons. The predicted octanol–water partition coefficient (Wildman–Crippen LogP) is 3.74. The fourth-order valence-electron chi connectivity index (χ4n) is 4.15. The first-order valence-electron chi connectivity index (χ1n) is 10.4. The summed E-state index contributed by atoms with van der Waals surface area (Å²) in [6, 6.07) is 17.9. The van der Waals surface area contributed by atoms with Crippen molar-refractivity contribution < 1.29 is 9.53 Å². The van der Waals surface area contributed by atoms with E-state index in [1.165, 1.54) is 0 Å². The number of aromatic amines is 1. The van der Waals surface area contributed by atoms with Crippen molar-refractivity contribution in [2.45, 2.75) is 19.9 Å². The number of ketones is 1. The SMILES string of the molecule is Cc1[nH]c2ccccc2c1C(=O)[C@H](C)N1CCN(CCOc2ccccc2)CC1. The van der Waals surface area contributed by atoms with Gasteiger partial charge in [-0.25, -0.2) is 0 Å². The highest BCUT2D eigenvalue weighted by atomic mass is 16.5. The number of ether oxygens (including phenoxy) is 1. The number of para-hydroxylation sites is 2. The average molecular weight is 392 g/mol. The summed E-state index contributed by atoms with van der Waals surface area (Å²) in [4.78, 5) is 21.3. The number of Topliss-reactive ketones (excluding diaryl/α,β-unsaturated/α-hetero) is 1. The van der Waals surface area contributed by atoms with Gasteiger partial charge >= 0.3 is 0 Å². The van der Waals surface area contributed by atoms with E-state index in [0.717, 1.165) is 60.6 Å². The minimum Gasteiger partial charge on any atom is -0.492 e. The third-order valence-electron chi connectivity index (χ3n) is 5.89. The molecule has 1 aliphatic rings. The second kappa shape index (κ2) is 8.80. The first-order valence-corrected chi connectivity index (χ1v) is 10.4. The summed E-state index contributed by atoms with van der Waals surface area (Å²) in [5.41, 5.74) is 2.83. The predicted molar refractivity (Wildman–Crippen MR) is 117 cm³/mol. The van der Waals surface area contributed by atoms with Crippen LogP contribution in [0.5, 0.6) is 5.75 Å². The Labute approximate surface area is 172 Å². The van der Waals surface area contributed by atoms with E-state index in [2.05, 4.69) is 14.8 Å². The number of aryl methyl sites for hydroxylation is 1. The smallest absolute Gasteiger partial charge is 0.182 e. The van der Waals surface area contributed by atoms with Gasteiger partial charge in [-0.2, -0.15) is 0 Å². The van der Waals surface area contributed by atoms with Gasteiger partial charge in [0.2, 0.25) is 0 Å². The van der Waals surface area contributed by atoms with Crippen LogP contribution in [0, 0.1) is 6.92 Å². The Balaban J connectivity index is 1.31. The molecule has 0 radical (unpaired) electrons. The molecule has 0 unspecified atom stereocenters. The summed E-state index contributed by atoms with van der Waals surface area (Å²) in [5.74, 6) is 1.13. The molecule has 2 aromatic carbocycles. The second-order valence-corrected chi connectivity index (χ2v) is 7.75. The number of hydrogen-bond donors (Lipinski definition) is 1. The van der Waals surface area contributed by atoms with Crippen molar-refractivity contribution in [1.82, 2.24) is 14.8 Å². The van der Waals surface area contributed by atoms with Gasteiger partial charge in [-0.1, -0.05) is 36.4 Å². The molecular formula is C24H29N3O2. The van der Waals surface area contributed by atoms with E-state index in [9.17, 15) is 4.79 Å². The summed E-state index contributed by atoms with van der Waals surface area (Å²) in [7, 11) is 0. The maximum atomic E-state index is 13.3. The molecule has 4 rings (SSSR count). The largest absolute Gasteiger partial charge is 0.492 e. The molecule has 0 saturated carbocycles. The van der Waals surface area contributed by atoms with Gasteiger partial charge in [0.15, 0.2) is 5.78 Å². The first kappa shape index (κ1) is 19.7. The minimum absolute atomic E-state index is 0.115. The maximum absolute atomic E-state index is 13.3. The van der Waals surface area contributed by atoms with E-state index in [1.54, 1.807) is 0 Å². The van der Waals surface area contributed by atoms with Crippen LogP contribution in [0.3, 0.4) is 0 Å². The highest BCUT2D eigenvalue weighted by Crippen LogP contribution is 2.24. The van der Waals surface area contributed by atoms with Crippen molar-refractivity contribution in [2.75, 3.05) is 39.3 Å². The molecule has 0 bridgehead atoms. The molecule has 1 N–H and O–H groups in total. The summed E-state index contributed by atoms with van der Waals surface area (Å²) < 4.78 is 5.81. The van der Waals surface area contributed by atoms with E-state index in [0.29, 0.717) is 6.61 Å². The molecule has 0 aliphatic carbocycles. The van der Waals surface area contributed by atoms with Gasteiger partial charge in [0.05, 0.1) is 6.04 Å². The van der Waals surface area contributed by atoms with Crippen LogP contribution in [0.25, 0.3) is 10.9 Å². The molecule has 29 heavy (non-hydrogen) atoms. The van der Waals surface area contributed by atoms with Crippen molar-refractivity contribution in [3.8, 4) is 5.75 Å². The normalized spacial score (nSPS) is 16.8. The lowest BCUT2D eigenvalue weighted by atomic mass is 10.0. The number of nitrogens with one attached hydrogen (secondary N) is 1. The van der Waals surface area contributed by atoms with E-state index >= 15 is 0 Å². The molecule has 1 atom stereocenters. The van der Waals surface area contributed by atoms with Crippen LogP contribution in [0.2, 0.25) is 0 Å². The zero-order valence-corrected chi connectivity index (χ0v) is 17.2. The molecule has 3 aromatic rings. The zero-order valence-electron chi connectivity index (χ0n) is 17.2. The van der Waals surface area contributed by atoms with Crippen molar-refractivity contribution in [2.24, 2.45) is 0 Å². The Bertz CT molecular complexity index is 959. The molecule has 5 nitrogen and oxygen atoms in total. The minimum atomic E-state index is -0.115. The van der Waals surface area contributed by atoms with Gasteiger partial charge < -0.3 is 9.72 Å². The van der Waals surface area contributed by atoms with Gasteiger partial charge in [-0.3, -0.25) is 14.6 Å². The number of benzene rings is 2. The molecular weight excluding hydrogens is 362 g/mol. The molecule has 1 saturated heterocycles. The first-order chi connectivity index (χ1) is 14.1. The highest BCUT2D eigenvalue weighted by Gasteiger charge is 2.28. The number of H-pyrrole nitrogens is 1. The van der Waals surface area contributed by atoms with Crippen LogP contribution >= 0.6 is 0 Å². The number of fused-ring (bicyclic) bond motifs is 1. The monoisotopic (exact) mass is 391 g/mol. The van der Waals surface area contributed by atoms with Gasteiger partial charge in [-0.15, -0.1) is 0 Å². The summed E-state index contributed by atoms with van der Waals surface area (Å²) in [6.45, 7) is 9.35. The zero-order chi connectivity index (χ0) is 20.2. The number of hydrogen-bond acceptors (Lipinski definition) is 4. The lowest BCUT2D eigenvalue weighted by molar-refractivity contribution is 0.0674. The van der Waals surface area contributed by atoms with Crippen LogP contribution in [0.4, 0.5) is 0 Å². The molecule has 1 aromatic heterocycles. The van der Waals surface area contributed by atoms with Crippen molar-refractivity contribution in [3.05, 3.63) is 65.9 Å². The van der Waals surface area contributed by atoms with E-state index in [4.69, 9.17) is 4.74 Å². The maximum Gasteiger partial charge on any atom is 0.182 e. The molecule has 1 aliphatic heterocycles. The molecule has 0 amide bonds. The quantitative estimate of drug-likeness (QED) is 0.623. The van der Waals surface area contributed by atoms with E-state index < -0.39 is 0 Å². The third-order valence-corrected chi connectivity index (χ3v) is 5.89. The van der Waals surface area contributed by atoms with Crippen molar-refractivity contribution in [3.63, 3.8) is 0 Å². The van der Waals surface area contributed by atoms with Crippen LogP contribution in [0.1, 0.15) is 23.0 Å². The van der Waals surface area contributed by atoms with E-state index in [-0.39, 0.29) is 11.8 Å². The average Bonchev–Trinajstić information content (AvgIpc) is 3.09. The topological polar surface area (TPSA) is 48.6 Å². The second-order valence-electron chi connectivity index (χ2n) is 7.75. The molecule has 0 spiro atoms. The Morgan fingerprint density at radius 2 is 1.72 bits per heavy atom. The van der Waals surface area contributed by atoms with Crippen LogP contribution in [0.15, 0.2) is 54.6 Å². The van der Waals surface area contributed by atoms with Crippen molar-refractivity contribution >= 4 is 16.7 Å². The van der Waals surface area contributed by atoms with Crippen LogP contribution in [-0.4, -0.2) is 65.9 Å². The number of nitrogens with zero attached hydrogens (tertiary/aromatic N) is 2. The summed E-state index contributed by atoms with van der Waals surface area (Å²) >= 11 is 0. The number of aromatic nitrogens is 1. The van der Waals surface area contributed by atoms with Crippen LogP contribution in [-0.2, 0) is 0 Å². The van der Waals surface area contributed by atoms with Crippen LogP contribution < -0.4 is 4.74 Å². The number of carbonyl (C=O) groups is 1. The third kappa shape index (κ3) is 4.36. The highest BCUT2D eigenvalue weighted by molar-refractivity contribution is 6.11. The number of carbonyl (C=O) groups excluding carboxylic acids is 1. The van der Waals surface area contributed by atoms with Gasteiger partial charge in [0.25, 0.3) is 0 Å². The molecule has 2 heterocycles. The standard InChI is InChI=1S/C24H29N3O2/c1-18-23(21-10-6-7-11-22(21)25-18)24(28)19(2)27-14-12-26(13-15-27)16-17-29-20-8-4-3-5-9-20/h3-11,19,25H,12-17H2,1-2H3/t19-/m0/s1. The molecule has 5 heteroatoms.